The number of nitrogens with zero attached hydrogens (tertiary/aromatic N) is 1. The Bertz CT molecular complexity index is 884. The van der Waals surface area contributed by atoms with Crippen molar-refractivity contribution < 1.29 is 22.8 Å². The Morgan fingerprint density at radius 3 is 2.39 bits per heavy atom. The van der Waals surface area contributed by atoms with E-state index in [2.05, 4.69) is 15.5 Å². The zero-order valence-electron chi connectivity index (χ0n) is 16.9. The number of likely N-dealkylation sites (tertiary alicyclic amines) is 1. The summed E-state index contributed by atoms with van der Waals surface area (Å²) in [6.45, 7) is 1.24. The van der Waals surface area contributed by atoms with Crippen LogP contribution in [0.5, 0.6) is 0 Å². The second-order valence-corrected chi connectivity index (χ2v) is 7.45. The molecule has 3 amide bonds. The fourth-order valence-corrected chi connectivity index (χ4v) is 3.49. The van der Waals surface area contributed by atoms with Gasteiger partial charge in [-0.2, -0.15) is 13.2 Å². The van der Waals surface area contributed by atoms with Crippen LogP contribution >= 0.6 is 0 Å². The molecule has 3 N–H and O–H groups in total. The van der Waals surface area contributed by atoms with Crippen molar-refractivity contribution in [2.75, 3.05) is 31.5 Å². The van der Waals surface area contributed by atoms with Gasteiger partial charge in [-0.1, -0.05) is 36.4 Å². The van der Waals surface area contributed by atoms with E-state index in [1.165, 1.54) is 18.2 Å². The van der Waals surface area contributed by atoms with E-state index in [0.29, 0.717) is 12.2 Å². The zero-order valence-corrected chi connectivity index (χ0v) is 16.9. The summed E-state index contributed by atoms with van der Waals surface area (Å²) < 4.78 is 36.9. The largest absolute Gasteiger partial charge is 0.405 e. The third-order valence-electron chi connectivity index (χ3n) is 4.98. The van der Waals surface area contributed by atoms with Crippen molar-refractivity contribution in [1.82, 2.24) is 15.5 Å². The van der Waals surface area contributed by atoms with E-state index in [0.717, 1.165) is 31.5 Å². The average Bonchev–Trinajstić information content (AvgIpc) is 3.25. The Morgan fingerprint density at radius 1 is 1.00 bits per heavy atom. The molecular formula is C22H25F3N4O2. The van der Waals surface area contributed by atoms with Crippen LogP contribution in [-0.4, -0.2) is 49.2 Å². The Morgan fingerprint density at radius 2 is 1.71 bits per heavy atom. The lowest BCUT2D eigenvalue weighted by molar-refractivity contribution is -0.123. The van der Waals surface area contributed by atoms with Crippen molar-refractivity contribution >= 4 is 17.6 Å². The molecule has 0 bridgehead atoms. The second-order valence-electron chi connectivity index (χ2n) is 7.45. The fourth-order valence-electron chi connectivity index (χ4n) is 3.49. The molecule has 1 atom stereocenters. The zero-order chi connectivity index (χ0) is 22.3. The van der Waals surface area contributed by atoms with Crippen LogP contribution in [0.1, 0.15) is 34.8 Å². The normalized spacial score (nSPS) is 15.3. The summed E-state index contributed by atoms with van der Waals surface area (Å²) in [5.74, 6) is -0.863. The Hall–Kier alpha value is -3.07. The molecule has 6 nitrogen and oxygen atoms in total. The van der Waals surface area contributed by atoms with E-state index in [9.17, 15) is 22.8 Å². The highest BCUT2D eigenvalue weighted by atomic mass is 19.4. The minimum absolute atomic E-state index is 0.0266. The van der Waals surface area contributed by atoms with Gasteiger partial charge in [0, 0.05) is 17.8 Å². The molecule has 0 aromatic heterocycles. The Balaban J connectivity index is 1.63. The lowest BCUT2D eigenvalue weighted by Crippen LogP contribution is -2.39. The van der Waals surface area contributed by atoms with E-state index in [-0.39, 0.29) is 11.6 Å². The minimum Gasteiger partial charge on any atom is -0.343 e. The molecule has 3 rings (SSSR count). The fraction of sp³-hybridized carbons (Fsp3) is 0.364. The summed E-state index contributed by atoms with van der Waals surface area (Å²) in [7, 11) is 0. The van der Waals surface area contributed by atoms with Crippen LogP contribution in [0.15, 0.2) is 54.6 Å². The smallest absolute Gasteiger partial charge is 0.343 e. The van der Waals surface area contributed by atoms with Gasteiger partial charge in [-0.25, -0.2) is 4.79 Å². The first-order valence-corrected chi connectivity index (χ1v) is 10.1. The molecule has 0 aliphatic carbocycles. The van der Waals surface area contributed by atoms with Gasteiger partial charge >= 0.3 is 12.2 Å². The molecule has 2 aromatic rings. The number of halogens is 3. The topological polar surface area (TPSA) is 73.5 Å². The number of carbonyl (C=O) groups is 2. The van der Waals surface area contributed by atoms with Gasteiger partial charge in [0.2, 0.25) is 0 Å². The number of anilines is 1. The molecule has 0 spiro atoms. The van der Waals surface area contributed by atoms with Crippen LogP contribution in [0.4, 0.5) is 23.7 Å². The van der Waals surface area contributed by atoms with Gasteiger partial charge in [-0.3, -0.25) is 4.79 Å². The molecule has 0 radical (unpaired) electrons. The van der Waals surface area contributed by atoms with E-state index in [1.54, 1.807) is 6.07 Å². The minimum atomic E-state index is -4.49. The van der Waals surface area contributed by atoms with Crippen LogP contribution in [0.25, 0.3) is 0 Å². The van der Waals surface area contributed by atoms with Crippen molar-refractivity contribution in [2.24, 2.45) is 0 Å². The molecule has 1 aliphatic heterocycles. The van der Waals surface area contributed by atoms with E-state index >= 15 is 0 Å². The third kappa shape index (κ3) is 7.29. The lowest BCUT2D eigenvalue weighted by Gasteiger charge is -2.25. The summed E-state index contributed by atoms with van der Waals surface area (Å²) in [5, 5.41) is 7.44. The van der Waals surface area contributed by atoms with Gasteiger partial charge in [0.05, 0.1) is 6.04 Å². The quantitative estimate of drug-likeness (QED) is 0.618. The van der Waals surface area contributed by atoms with Gasteiger partial charge in [-0.15, -0.1) is 0 Å². The maximum absolute atomic E-state index is 12.6. The monoisotopic (exact) mass is 434 g/mol. The van der Waals surface area contributed by atoms with Crippen LogP contribution in [-0.2, 0) is 0 Å². The molecule has 9 heteroatoms. The van der Waals surface area contributed by atoms with Gasteiger partial charge in [0.1, 0.15) is 6.54 Å². The van der Waals surface area contributed by atoms with Crippen molar-refractivity contribution in [2.45, 2.75) is 25.1 Å². The number of carbonyl (C=O) groups excluding carboxylic acids is 2. The Kier molecular flexibility index (Phi) is 7.51. The first-order valence-electron chi connectivity index (χ1n) is 10.1. The second kappa shape index (κ2) is 10.3. The molecule has 1 unspecified atom stereocenters. The number of hydrogen-bond acceptors (Lipinski definition) is 3. The molecule has 2 aromatic carbocycles. The molecular weight excluding hydrogens is 409 g/mol. The van der Waals surface area contributed by atoms with Crippen molar-refractivity contribution in [3.63, 3.8) is 0 Å². The summed E-state index contributed by atoms with van der Waals surface area (Å²) in [6, 6.07) is 14.7. The molecule has 1 fully saturated rings. The number of rotatable bonds is 7. The number of urea groups is 1. The first kappa shape index (κ1) is 22.6. The van der Waals surface area contributed by atoms with Gasteiger partial charge in [-0.05, 0) is 49.7 Å². The van der Waals surface area contributed by atoms with Gasteiger partial charge < -0.3 is 20.9 Å². The van der Waals surface area contributed by atoms with Crippen LogP contribution < -0.4 is 16.0 Å². The van der Waals surface area contributed by atoms with Gasteiger partial charge in [0.25, 0.3) is 5.91 Å². The van der Waals surface area contributed by atoms with Crippen LogP contribution in [0, 0.1) is 0 Å². The standard InChI is InChI=1S/C22H25F3N4O2/c23-22(24,25)15-26-20(30)17-9-6-10-18(13-17)27-21(31)28-19(14-29-11-4-5-12-29)16-7-2-1-3-8-16/h1-3,6-10,13,19H,4-5,11-12,14-15H2,(H,26,30)(H2,27,28,31). The summed E-state index contributed by atoms with van der Waals surface area (Å²) in [6.07, 6.45) is -2.22. The number of hydrogen-bond donors (Lipinski definition) is 3. The molecule has 1 saturated heterocycles. The molecule has 1 heterocycles. The number of benzene rings is 2. The van der Waals surface area contributed by atoms with E-state index in [4.69, 9.17) is 0 Å². The summed E-state index contributed by atoms with van der Waals surface area (Å²) in [5.41, 5.74) is 1.31. The SMILES string of the molecule is O=C(Nc1cccc(C(=O)NCC(F)(F)F)c1)NC(CN1CCCC1)c1ccccc1. The van der Waals surface area contributed by atoms with Crippen molar-refractivity contribution in [3.8, 4) is 0 Å². The summed E-state index contributed by atoms with van der Waals surface area (Å²) in [4.78, 5) is 26.9. The van der Waals surface area contributed by atoms with Crippen molar-refractivity contribution in [3.05, 3.63) is 65.7 Å². The molecule has 1 aliphatic rings. The number of alkyl halides is 3. The number of nitrogens with one attached hydrogen (secondary N) is 3. The maximum atomic E-state index is 12.6. The number of amides is 3. The molecule has 0 saturated carbocycles. The predicted molar refractivity (Wildman–Crippen MR) is 112 cm³/mol. The first-order chi connectivity index (χ1) is 14.8. The highest BCUT2D eigenvalue weighted by Gasteiger charge is 2.28. The third-order valence-corrected chi connectivity index (χ3v) is 4.98. The average molecular weight is 434 g/mol. The van der Waals surface area contributed by atoms with Gasteiger partial charge in [0.15, 0.2) is 0 Å². The highest BCUT2D eigenvalue weighted by Crippen LogP contribution is 2.19. The maximum Gasteiger partial charge on any atom is 0.405 e. The van der Waals surface area contributed by atoms with E-state index < -0.39 is 24.7 Å². The van der Waals surface area contributed by atoms with E-state index in [1.807, 2.05) is 35.6 Å². The Labute approximate surface area is 178 Å². The highest BCUT2D eigenvalue weighted by molar-refractivity contribution is 5.97. The summed E-state index contributed by atoms with van der Waals surface area (Å²) >= 11 is 0. The lowest BCUT2D eigenvalue weighted by atomic mass is 10.1. The van der Waals surface area contributed by atoms with Crippen molar-refractivity contribution in [1.29, 1.82) is 0 Å². The molecule has 31 heavy (non-hydrogen) atoms. The van der Waals surface area contributed by atoms with Crippen LogP contribution in [0.2, 0.25) is 0 Å². The molecule has 166 valence electrons. The van der Waals surface area contributed by atoms with Crippen LogP contribution in [0.3, 0.4) is 0 Å². The predicted octanol–water partition coefficient (Wildman–Crippen LogP) is 3.94.